The van der Waals surface area contributed by atoms with Crippen LogP contribution in [0, 0.1) is 0 Å². The summed E-state index contributed by atoms with van der Waals surface area (Å²) >= 11 is 10.9. The van der Waals surface area contributed by atoms with E-state index in [1.54, 1.807) is 0 Å². The van der Waals surface area contributed by atoms with Gasteiger partial charge in [0.1, 0.15) is 0 Å². The molecule has 0 aliphatic carbocycles. The first kappa shape index (κ1) is 9.05. The first-order valence-corrected chi connectivity index (χ1v) is 7.43. The van der Waals surface area contributed by atoms with Gasteiger partial charge in [-0.3, -0.25) is 9.13 Å². The normalized spacial score (nSPS) is 50.8. The molecule has 1 fully saturated rings. The fraction of sp³-hybridized carbons (Fsp3) is 1.00. The van der Waals surface area contributed by atoms with E-state index in [1.165, 1.54) is 14.1 Å². The van der Waals surface area contributed by atoms with Gasteiger partial charge in [0, 0.05) is 14.1 Å². The molecule has 1 heterocycles. The van der Waals surface area contributed by atoms with E-state index in [-0.39, 0.29) is 0 Å². The highest BCUT2D eigenvalue weighted by Gasteiger charge is 2.59. The van der Waals surface area contributed by atoms with E-state index in [1.807, 2.05) is 0 Å². The second-order valence-electron chi connectivity index (χ2n) is 1.92. The van der Waals surface area contributed by atoms with Gasteiger partial charge in [0.15, 0.2) is 0 Å². The van der Waals surface area contributed by atoms with E-state index >= 15 is 0 Å². The zero-order valence-electron chi connectivity index (χ0n) is 5.36. The van der Waals surface area contributed by atoms with Crippen LogP contribution in [0.25, 0.3) is 0 Å². The van der Waals surface area contributed by atoms with Crippen LogP contribution in [0.2, 0.25) is 0 Å². The number of hydrogen-bond donors (Lipinski definition) is 0. The summed E-state index contributed by atoms with van der Waals surface area (Å²) in [5.41, 5.74) is 0. The number of hydrogen-bond acceptors (Lipinski definition) is 2. The molecular formula is C2H6Cl2N2O2P2. The summed E-state index contributed by atoms with van der Waals surface area (Å²) in [5, 5.41) is 0. The lowest BCUT2D eigenvalue weighted by atomic mass is 11.6. The van der Waals surface area contributed by atoms with Crippen molar-refractivity contribution in [1.82, 2.24) is 8.88 Å². The zero-order chi connectivity index (χ0) is 8.15. The van der Waals surface area contributed by atoms with E-state index in [0.717, 1.165) is 8.88 Å². The Bertz CT molecular complexity index is 214. The molecule has 1 aliphatic rings. The fourth-order valence-corrected chi connectivity index (χ4v) is 8.39. The molecule has 10 heavy (non-hydrogen) atoms. The summed E-state index contributed by atoms with van der Waals surface area (Å²) in [4.78, 5) is 0. The van der Waals surface area contributed by atoms with Gasteiger partial charge in [-0.2, -0.15) is 8.88 Å². The monoisotopic (exact) mass is 222 g/mol. The molecule has 1 rings (SSSR count). The van der Waals surface area contributed by atoms with Crippen LogP contribution in [-0.4, -0.2) is 23.0 Å². The lowest BCUT2D eigenvalue weighted by molar-refractivity contribution is 0.450. The molecule has 0 aromatic rings. The van der Waals surface area contributed by atoms with Gasteiger partial charge in [-0.15, -0.1) is 0 Å². The Labute approximate surface area is 68.6 Å². The van der Waals surface area contributed by atoms with E-state index in [0.29, 0.717) is 0 Å². The molecule has 60 valence electrons. The molecule has 0 N–H and O–H groups in total. The third-order valence-electron chi connectivity index (χ3n) is 1.43. The topological polar surface area (TPSA) is 40.6 Å². The molecule has 0 bridgehead atoms. The second kappa shape index (κ2) is 2.22. The molecule has 0 saturated carbocycles. The highest BCUT2D eigenvalue weighted by molar-refractivity contribution is 8.10. The Balaban J connectivity index is 3.00. The molecule has 0 spiro atoms. The molecular weight excluding hydrogens is 217 g/mol. The van der Waals surface area contributed by atoms with E-state index in [2.05, 4.69) is 0 Å². The predicted octanol–water partition coefficient (Wildman–Crippen LogP) is 2.56. The minimum absolute atomic E-state index is 1.02. The summed E-state index contributed by atoms with van der Waals surface area (Å²) in [5.74, 6) is 0. The molecule has 4 nitrogen and oxygen atoms in total. The van der Waals surface area contributed by atoms with Crippen molar-refractivity contribution in [3.8, 4) is 0 Å². The average Bonchev–Trinajstić information content (AvgIpc) is 1.84. The molecule has 1 aliphatic heterocycles. The van der Waals surface area contributed by atoms with Crippen LogP contribution in [-0.2, 0) is 9.13 Å². The van der Waals surface area contributed by atoms with Crippen molar-refractivity contribution >= 4 is 36.1 Å². The van der Waals surface area contributed by atoms with Crippen LogP contribution in [0.4, 0.5) is 0 Å². The van der Waals surface area contributed by atoms with Crippen LogP contribution < -0.4 is 0 Å². The molecule has 0 aromatic heterocycles. The Morgan fingerprint density at radius 2 is 1.20 bits per heavy atom. The van der Waals surface area contributed by atoms with Crippen molar-refractivity contribution in [2.24, 2.45) is 0 Å². The van der Waals surface area contributed by atoms with Gasteiger partial charge in [-0.1, -0.05) is 0 Å². The van der Waals surface area contributed by atoms with Crippen molar-refractivity contribution < 1.29 is 9.13 Å². The summed E-state index contributed by atoms with van der Waals surface area (Å²) in [6, 6.07) is 0. The third kappa shape index (κ3) is 0.911. The van der Waals surface area contributed by atoms with Crippen LogP contribution >= 0.6 is 36.1 Å². The molecule has 0 amide bonds. The van der Waals surface area contributed by atoms with Gasteiger partial charge in [-0.25, -0.2) is 0 Å². The van der Waals surface area contributed by atoms with E-state index in [4.69, 9.17) is 22.5 Å². The van der Waals surface area contributed by atoms with E-state index in [9.17, 15) is 9.13 Å². The maximum atomic E-state index is 11.1. The number of rotatable bonds is 0. The Morgan fingerprint density at radius 3 is 1.30 bits per heavy atom. The quantitative estimate of drug-likeness (QED) is 0.591. The van der Waals surface area contributed by atoms with Crippen molar-refractivity contribution in [2.75, 3.05) is 14.1 Å². The number of nitrogens with zero attached hydrogens (tertiary/aromatic N) is 2. The smallest absolute Gasteiger partial charge is 0.270 e. The van der Waals surface area contributed by atoms with E-state index < -0.39 is 13.6 Å². The highest BCUT2D eigenvalue weighted by Crippen LogP contribution is 2.88. The maximum absolute atomic E-state index is 11.1. The standard InChI is InChI=1S/C2H6Cl2N2O2P2/c1-5-9(3,7)6(2)10(5,4)8/h1-2H3. The third-order valence-corrected chi connectivity index (χ3v) is 11.2. The van der Waals surface area contributed by atoms with Crippen LogP contribution in [0.1, 0.15) is 0 Å². The van der Waals surface area contributed by atoms with Gasteiger partial charge < -0.3 is 0 Å². The molecule has 0 aromatic carbocycles. The van der Waals surface area contributed by atoms with Gasteiger partial charge in [-0.05, 0) is 22.5 Å². The van der Waals surface area contributed by atoms with Crippen molar-refractivity contribution in [3.63, 3.8) is 0 Å². The highest BCUT2D eigenvalue weighted by atomic mass is 35.7. The average molecular weight is 223 g/mol. The molecule has 1 saturated heterocycles. The Hall–Kier alpha value is 0.960. The Morgan fingerprint density at radius 1 is 1.00 bits per heavy atom. The lowest BCUT2D eigenvalue weighted by Gasteiger charge is -2.44. The molecule has 0 radical (unpaired) electrons. The maximum Gasteiger partial charge on any atom is 0.319 e. The molecule has 8 heteroatoms. The first-order chi connectivity index (χ1) is 4.31. The minimum Gasteiger partial charge on any atom is -0.270 e. The number of halogens is 2. The summed E-state index contributed by atoms with van der Waals surface area (Å²) in [6.45, 7) is -6.05. The Kier molecular flexibility index (Phi) is 2.01. The van der Waals surface area contributed by atoms with Gasteiger partial charge >= 0.3 is 13.6 Å². The second-order valence-corrected chi connectivity index (χ2v) is 9.49. The summed E-state index contributed by atoms with van der Waals surface area (Å²) in [7, 11) is 2.75. The summed E-state index contributed by atoms with van der Waals surface area (Å²) < 4.78 is 24.3. The SMILES string of the molecule is CN1P(=O)(Cl)N(C)P1(=O)Cl. The first-order valence-electron chi connectivity index (χ1n) is 2.40. The van der Waals surface area contributed by atoms with Gasteiger partial charge in [0.2, 0.25) is 0 Å². The zero-order valence-corrected chi connectivity index (χ0v) is 8.66. The van der Waals surface area contributed by atoms with Gasteiger partial charge in [0.05, 0.1) is 0 Å². The molecule has 0 unspecified atom stereocenters. The van der Waals surface area contributed by atoms with Crippen molar-refractivity contribution in [3.05, 3.63) is 0 Å². The largest absolute Gasteiger partial charge is 0.319 e. The predicted molar refractivity (Wildman–Crippen MR) is 42.4 cm³/mol. The summed E-state index contributed by atoms with van der Waals surface area (Å²) in [6.07, 6.45) is 0. The van der Waals surface area contributed by atoms with Crippen molar-refractivity contribution in [1.29, 1.82) is 0 Å². The van der Waals surface area contributed by atoms with Crippen LogP contribution in [0.15, 0.2) is 0 Å². The molecule has 0 atom stereocenters. The fourth-order valence-electron chi connectivity index (χ4n) is 0.615. The van der Waals surface area contributed by atoms with Crippen molar-refractivity contribution in [2.45, 2.75) is 0 Å². The van der Waals surface area contributed by atoms with Gasteiger partial charge in [0.25, 0.3) is 0 Å². The van der Waals surface area contributed by atoms with Crippen LogP contribution in [0.5, 0.6) is 0 Å². The lowest BCUT2D eigenvalue weighted by Crippen LogP contribution is -2.32. The minimum atomic E-state index is -3.03. The van der Waals surface area contributed by atoms with Crippen LogP contribution in [0.3, 0.4) is 0 Å².